The third-order valence-electron chi connectivity index (χ3n) is 7.63. The van der Waals surface area contributed by atoms with Crippen LogP contribution in [0, 0.1) is 5.92 Å². The van der Waals surface area contributed by atoms with Crippen molar-refractivity contribution in [1.82, 2.24) is 20.2 Å². The van der Waals surface area contributed by atoms with Gasteiger partial charge in [0.1, 0.15) is 23.8 Å². The summed E-state index contributed by atoms with van der Waals surface area (Å²) in [6.07, 6.45) is -7.55. The minimum absolute atomic E-state index is 0.0676. The lowest BCUT2D eigenvalue weighted by molar-refractivity contribution is -0.182. The van der Waals surface area contributed by atoms with Gasteiger partial charge in [-0.2, -0.15) is 13.2 Å². The molecule has 0 atom stereocenters. The topological polar surface area (TPSA) is 94.5 Å². The first-order valence-corrected chi connectivity index (χ1v) is 15.4. The van der Waals surface area contributed by atoms with Gasteiger partial charge in [-0.15, -0.1) is 0 Å². The molecule has 0 bridgehead atoms. The third-order valence-corrected chi connectivity index (χ3v) is 8.46. The van der Waals surface area contributed by atoms with Crippen LogP contribution in [0.15, 0.2) is 24.3 Å². The van der Waals surface area contributed by atoms with Crippen molar-refractivity contribution in [2.45, 2.75) is 83.7 Å². The van der Waals surface area contributed by atoms with E-state index in [4.69, 9.17) is 32.7 Å². The fourth-order valence-corrected chi connectivity index (χ4v) is 5.86. The molecule has 4 rings (SSSR count). The van der Waals surface area contributed by atoms with Gasteiger partial charge in [-0.3, -0.25) is 4.79 Å². The summed E-state index contributed by atoms with van der Waals surface area (Å²) >= 11 is 13.2. The third kappa shape index (κ3) is 8.93. The van der Waals surface area contributed by atoms with Gasteiger partial charge in [0.2, 0.25) is 0 Å². The molecule has 8 nitrogen and oxygen atoms in total. The normalized spacial score (nSPS) is 17.3. The Kier molecular flexibility index (Phi) is 11.0. The molecule has 1 fully saturated rings. The van der Waals surface area contributed by atoms with E-state index in [1.54, 1.807) is 44.5 Å². The van der Waals surface area contributed by atoms with Gasteiger partial charge in [0.15, 0.2) is 0 Å². The highest BCUT2D eigenvalue weighted by molar-refractivity contribution is 6.36. The second-order valence-corrected chi connectivity index (χ2v) is 13.0. The van der Waals surface area contributed by atoms with Crippen LogP contribution >= 0.6 is 23.2 Å². The quantitative estimate of drug-likeness (QED) is 0.222. The Labute approximate surface area is 272 Å². The first-order valence-electron chi connectivity index (χ1n) is 14.6. The summed E-state index contributed by atoms with van der Waals surface area (Å²) < 4.78 is 77.7. The number of imidazole rings is 1. The van der Waals surface area contributed by atoms with Crippen molar-refractivity contribution in [2.24, 2.45) is 13.0 Å². The van der Waals surface area contributed by atoms with Crippen LogP contribution < -0.4 is 15.4 Å². The highest BCUT2D eigenvalue weighted by Crippen LogP contribution is 2.38. The predicted octanol–water partition coefficient (Wildman–Crippen LogP) is 7.99. The maximum atomic E-state index is 13.3. The van der Waals surface area contributed by atoms with Gasteiger partial charge in [-0.25, -0.2) is 18.6 Å². The molecule has 3 aromatic rings. The van der Waals surface area contributed by atoms with Gasteiger partial charge < -0.3 is 24.7 Å². The van der Waals surface area contributed by atoms with Crippen LogP contribution in [-0.4, -0.2) is 52.4 Å². The first-order chi connectivity index (χ1) is 21.4. The summed E-state index contributed by atoms with van der Waals surface area (Å²) in [6, 6.07) is 5.63. The van der Waals surface area contributed by atoms with Gasteiger partial charge in [0.25, 0.3) is 12.3 Å². The number of hydrogen-bond acceptors (Lipinski definition) is 5. The van der Waals surface area contributed by atoms with Crippen molar-refractivity contribution in [3.05, 3.63) is 56.8 Å². The van der Waals surface area contributed by atoms with Crippen molar-refractivity contribution >= 4 is 46.2 Å². The molecule has 0 aliphatic heterocycles. The highest BCUT2D eigenvalue weighted by Gasteiger charge is 2.41. The van der Waals surface area contributed by atoms with Crippen LogP contribution in [0.25, 0.3) is 11.0 Å². The van der Waals surface area contributed by atoms with Crippen LogP contribution in [-0.2, 0) is 24.8 Å². The lowest BCUT2D eigenvalue weighted by Crippen LogP contribution is -2.40. The number of halogens is 7. The van der Waals surface area contributed by atoms with Gasteiger partial charge in [0, 0.05) is 37.1 Å². The maximum Gasteiger partial charge on any atom is 0.407 e. The van der Waals surface area contributed by atoms with Crippen molar-refractivity contribution < 1.29 is 41.0 Å². The van der Waals surface area contributed by atoms with Crippen LogP contribution in [0.4, 0.5) is 26.7 Å². The Morgan fingerprint density at radius 1 is 1.09 bits per heavy atom. The number of carbonyl (C=O) groups excluding carboxylic acids is 2. The predicted molar refractivity (Wildman–Crippen MR) is 164 cm³/mol. The average Bonchev–Trinajstić information content (AvgIpc) is 3.25. The smallest absolute Gasteiger partial charge is 0.407 e. The van der Waals surface area contributed by atoms with Crippen LogP contribution in [0.5, 0.6) is 5.75 Å². The zero-order valence-electron chi connectivity index (χ0n) is 25.7. The number of nitrogens with zero attached hydrogens (tertiary/aromatic N) is 2. The van der Waals surface area contributed by atoms with Crippen molar-refractivity contribution in [1.29, 1.82) is 0 Å². The Hall–Kier alpha value is -3.32. The van der Waals surface area contributed by atoms with E-state index in [0.717, 1.165) is 0 Å². The minimum Gasteiger partial charge on any atom is -0.487 e. The van der Waals surface area contributed by atoms with E-state index < -0.39 is 48.8 Å². The van der Waals surface area contributed by atoms with Gasteiger partial charge in [-0.1, -0.05) is 29.3 Å². The van der Waals surface area contributed by atoms with Crippen molar-refractivity contribution in [3.8, 4) is 5.75 Å². The summed E-state index contributed by atoms with van der Waals surface area (Å²) in [4.78, 5) is 30.1. The molecule has 0 spiro atoms. The number of aryl methyl sites for hydroxylation is 1. The molecule has 0 unspecified atom stereocenters. The van der Waals surface area contributed by atoms with Crippen molar-refractivity contribution in [2.75, 3.05) is 6.61 Å². The van der Waals surface area contributed by atoms with E-state index in [-0.39, 0.29) is 50.0 Å². The van der Waals surface area contributed by atoms with Crippen molar-refractivity contribution in [3.63, 3.8) is 0 Å². The molecule has 252 valence electrons. The number of rotatable bonds is 9. The van der Waals surface area contributed by atoms with Gasteiger partial charge >= 0.3 is 12.3 Å². The summed E-state index contributed by atoms with van der Waals surface area (Å²) in [5.74, 6) is -1.73. The molecule has 1 aromatic heterocycles. The number of benzene rings is 2. The van der Waals surface area contributed by atoms with E-state index in [2.05, 4.69) is 15.6 Å². The monoisotopic (exact) mass is 692 g/mol. The zero-order chi connectivity index (χ0) is 34.0. The Morgan fingerprint density at radius 3 is 2.37 bits per heavy atom. The molecular formula is C31H35Cl2F5N4O4. The van der Waals surface area contributed by atoms with E-state index in [0.29, 0.717) is 38.0 Å². The molecule has 1 aliphatic rings. The average molecular weight is 694 g/mol. The number of alkyl halides is 5. The Bertz CT molecular complexity index is 1580. The fraction of sp³-hybridized carbons (Fsp3) is 0.516. The number of alkyl carbamates (subject to hydrolysis) is 1. The largest absolute Gasteiger partial charge is 0.487 e. The lowest BCUT2D eigenvalue weighted by Gasteiger charge is -2.30. The number of amides is 2. The highest BCUT2D eigenvalue weighted by atomic mass is 35.5. The molecule has 15 heteroatoms. The SMILES string of the molecule is Cn1c(Cc2c(Cl)ccc(CNC(=O)OC(C)(C)C)c2Cl)nc2cc(C(=O)NC3CCC(C(F)(F)F)CC3)c(OCC(F)F)cc21. The second-order valence-electron chi connectivity index (χ2n) is 12.2. The first kappa shape index (κ1) is 35.5. The lowest BCUT2D eigenvalue weighted by atomic mass is 9.85. The summed E-state index contributed by atoms with van der Waals surface area (Å²) in [5, 5.41) is 6.04. The van der Waals surface area contributed by atoms with Gasteiger partial charge in [-0.05, 0) is 69.7 Å². The molecule has 2 amide bonds. The molecule has 1 heterocycles. The molecule has 1 aliphatic carbocycles. The van der Waals surface area contributed by atoms with E-state index >= 15 is 0 Å². The second kappa shape index (κ2) is 14.2. The minimum atomic E-state index is -4.29. The maximum absolute atomic E-state index is 13.3. The molecule has 1 saturated carbocycles. The number of fused-ring (bicyclic) bond motifs is 1. The Balaban J connectivity index is 1.59. The molecular weight excluding hydrogens is 658 g/mol. The van der Waals surface area contributed by atoms with Crippen LogP contribution in [0.1, 0.15) is 73.8 Å². The van der Waals surface area contributed by atoms with E-state index in [9.17, 15) is 31.5 Å². The number of aromatic nitrogens is 2. The standard InChI is InChI=1S/C31H35Cl2F5N4O4/c1-30(2,3)46-29(44)39-14-16-5-10-21(32)19(27(16)33)12-26-41-22-11-20(24(45-15-25(34)35)13-23(22)42(26)4)28(43)40-18-8-6-17(7-9-18)31(36,37)38/h5,10-11,13,17-18,25H,6-9,12,14-15H2,1-4H3,(H,39,44)(H,40,43). The zero-order valence-corrected chi connectivity index (χ0v) is 27.2. The summed E-state index contributed by atoms with van der Waals surface area (Å²) in [7, 11) is 1.69. The number of nitrogens with one attached hydrogen (secondary N) is 2. The van der Waals surface area contributed by atoms with Gasteiger partial charge in [0.05, 0.1) is 27.5 Å². The fourth-order valence-electron chi connectivity index (χ4n) is 5.29. The molecule has 0 radical (unpaired) electrons. The summed E-state index contributed by atoms with van der Waals surface area (Å²) in [6.45, 7) is 4.33. The van der Waals surface area contributed by atoms with E-state index in [1.165, 1.54) is 12.1 Å². The number of carbonyl (C=O) groups is 2. The molecule has 2 aromatic carbocycles. The Morgan fingerprint density at radius 2 is 1.76 bits per heavy atom. The number of hydrogen-bond donors (Lipinski definition) is 2. The molecule has 46 heavy (non-hydrogen) atoms. The number of ether oxygens (including phenoxy) is 2. The van der Waals surface area contributed by atoms with E-state index in [1.807, 2.05) is 0 Å². The summed E-state index contributed by atoms with van der Waals surface area (Å²) in [5.41, 5.74) is 1.17. The van der Waals surface area contributed by atoms with Crippen LogP contribution in [0.2, 0.25) is 10.0 Å². The molecule has 2 N–H and O–H groups in total. The molecule has 0 saturated heterocycles. The van der Waals surface area contributed by atoms with Crippen LogP contribution in [0.3, 0.4) is 0 Å².